The van der Waals surface area contributed by atoms with E-state index in [4.69, 9.17) is 0 Å². The molecular formula is C6H2F4N2O2. The summed E-state index contributed by atoms with van der Waals surface area (Å²) in [6, 6.07) is 0.140. The van der Waals surface area contributed by atoms with Gasteiger partial charge >= 0.3 is 5.69 Å². The number of hydrogen-bond acceptors (Lipinski definition) is 3. The summed E-state index contributed by atoms with van der Waals surface area (Å²) >= 11 is 0. The van der Waals surface area contributed by atoms with Gasteiger partial charge in [0.05, 0.1) is 11.0 Å². The Kier molecular flexibility index (Phi) is 2.63. The lowest BCUT2D eigenvalue weighted by atomic mass is 10.3. The fraction of sp³-hybridized carbons (Fsp3) is 0.167. The topological polar surface area (TPSA) is 56.0 Å². The number of nitrogens with zero attached hydrogens (tertiary/aromatic N) is 2. The summed E-state index contributed by atoms with van der Waals surface area (Å²) < 4.78 is 49.1. The van der Waals surface area contributed by atoms with Crippen LogP contribution in [0.15, 0.2) is 6.07 Å². The summed E-state index contributed by atoms with van der Waals surface area (Å²) in [5.41, 5.74) is -2.91. The van der Waals surface area contributed by atoms with E-state index in [0.29, 0.717) is 0 Å². The Hall–Kier alpha value is -1.73. The first-order valence-corrected chi connectivity index (χ1v) is 3.22. The molecule has 0 fully saturated rings. The van der Waals surface area contributed by atoms with Gasteiger partial charge in [0, 0.05) is 0 Å². The van der Waals surface area contributed by atoms with Crippen LogP contribution < -0.4 is 0 Å². The molecule has 76 valence electrons. The number of nitro groups is 1. The summed E-state index contributed by atoms with van der Waals surface area (Å²) in [6.07, 6.45) is -3.40. The van der Waals surface area contributed by atoms with Crippen LogP contribution in [0.5, 0.6) is 0 Å². The molecule has 0 unspecified atom stereocenters. The summed E-state index contributed by atoms with van der Waals surface area (Å²) in [5.74, 6) is -3.33. The monoisotopic (exact) mass is 210 g/mol. The first-order valence-electron chi connectivity index (χ1n) is 3.22. The van der Waals surface area contributed by atoms with E-state index in [1.807, 2.05) is 0 Å². The Bertz CT molecular complexity index is 382. The molecule has 0 aliphatic carbocycles. The molecule has 1 rings (SSSR count). The van der Waals surface area contributed by atoms with Crippen LogP contribution in [0.4, 0.5) is 23.2 Å². The molecule has 0 saturated carbocycles. The highest BCUT2D eigenvalue weighted by Crippen LogP contribution is 2.26. The summed E-state index contributed by atoms with van der Waals surface area (Å²) in [7, 11) is 0. The lowest BCUT2D eigenvalue weighted by Gasteiger charge is -2.00. The number of rotatable bonds is 2. The van der Waals surface area contributed by atoms with Crippen LogP contribution >= 0.6 is 0 Å². The maximum atomic E-state index is 12.8. The highest BCUT2D eigenvalue weighted by atomic mass is 19.3. The Morgan fingerprint density at radius 2 is 2.00 bits per heavy atom. The van der Waals surface area contributed by atoms with Crippen LogP contribution in [-0.2, 0) is 0 Å². The molecule has 1 heterocycles. The molecule has 0 bridgehead atoms. The molecular weight excluding hydrogens is 208 g/mol. The zero-order valence-electron chi connectivity index (χ0n) is 6.38. The van der Waals surface area contributed by atoms with Gasteiger partial charge in [-0.15, -0.1) is 0 Å². The second-order valence-corrected chi connectivity index (χ2v) is 2.22. The van der Waals surface area contributed by atoms with Crippen molar-refractivity contribution in [2.45, 2.75) is 6.43 Å². The van der Waals surface area contributed by atoms with E-state index in [-0.39, 0.29) is 6.07 Å². The predicted molar refractivity (Wildman–Crippen MR) is 35.8 cm³/mol. The minimum absolute atomic E-state index is 0.140. The van der Waals surface area contributed by atoms with E-state index in [9.17, 15) is 27.7 Å². The molecule has 0 aliphatic rings. The van der Waals surface area contributed by atoms with Crippen molar-refractivity contribution in [2.24, 2.45) is 0 Å². The zero-order valence-corrected chi connectivity index (χ0v) is 6.38. The quantitative estimate of drug-likeness (QED) is 0.325. The van der Waals surface area contributed by atoms with Crippen LogP contribution in [0.1, 0.15) is 12.1 Å². The highest BCUT2D eigenvalue weighted by molar-refractivity contribution is 5.33. The number of pyridine rings is 1. The van der Waals surface area contributed by atoms with Gasteiger partial charge in [0.2, 0.25) is 11.8 Å². The minimum atomic E-state index is -3.40. The molecule has 0 radical (unpaired) electrons. The number of halogens is 4. The van der Waals surface area contributed by atoms with E-state index in [1.165, 1.54) is 0 Å². The first-order chi connectivity index (χ1) is 6.43. The third kappa shape index (κ3) is 1.78. The SMILES string of the molecule is O=[N+]([O-])c1cc(F)nc(C(F)F)c1F. The van der Waals surface area contributed by atoms with Gasteiger partial charge in [0.1, 0.15) is 0 Å². The molecule has 1 aromatic heterocycles. The van der Waals surface area contributed by atoms with Gasteiger partial charge in [-0.1, -0.05) is 0 Å². The molecule has 8 heteroatoms. The standard InChI is InChI=1S/C6H2F4N2O2/c7-3-1-2(12(13)14)4(8)5(11-3)6(9)10/h1,6H. The number of hydrogen-bond donors (Lipinski definition) is 0. The fourth-order valence-corrected chi connectivity index (χ4v) is 0.781. The van der Waals surface area contributed by atoms with Crippen molar-refractivity contribution in [2.75, 3.05) is 0 Å². The second kappa shape index (κ2) is 3.56. The Morgan fingerprint density at radius 1 is 1.43 bits per heavy atom. The number of aromatic nitrogens is 1. The van der Waals surface area contributed by atoms with Crippen molar-refractivity contribution in [1.29, 1.82) is 0 Å². The van der Waals surface area contributed by atoms with E-state index in [1.54, 1.807) is 0 Å². The van der Waals surface area contributed by atoms with Gasteiger partial charge in [0.25, 0.3) is 6.43 Å². The molecule has 1 aromatic rings. The van der Waals surface area contributed by atoms with E-state index >= 15 is 0 Å². The molecule has 4 nitrogen and oxygen atoms in total. The van der Waals surface area contributed by atoms with Gasteiger partial charge in [-0.25, -0.2) is 13.8 Å². The van der Waals surface area contributed by atoms with Gasteiger partial charge in [-0.05, 0) is 0 Å². The van der Waals surface area contributed by atoms with Crippen LogP contribution in [0.3, 0.4) is 0 Å². The van der Waals surface area contributed by atoms with Crippen molar-refractivity contribution < 1.29 is 22.5 Å². The Morgan fingerprint density at radius 3 is 2.43 bits per heavy atom. The fourth-order valence-electron chi connectivity index (χ4n) is 0.781. The first kappa shape index (κ1) is 10.4. The van der Waals surface area contributed by atoms with Crippen LogP contribution in [-0.4, -0.2) is 9.91 Å². The normalized spacial score (nSPS) is 10.6. The van der Waals surface area contributed by atoms with E-state index < -0.39 is 34.5 Å². The third-order valence-corrected chi connectivity index (χ3v) is 1.34. The summed E-state index contributed by atoms with van der Waals surface area (Å²) in [6.45, 7) is 0. The van der Waals surface area contributed by atoms with Crippen molar-refractivity contribution >= 4 is 5.69 Å². The van der Waals surface area contributed by atoms with Crippen molar-refractivity contribution in [3.8, 4) is 0 Å². The third-order valence-electron chi connectivity index (χ3n) is 1.34. The van der Waals surface area contributed by atoms with Gasteiger partial charge in [0.15, 0.2) is 5.69 Å². The Labute approximate surface area is 74.3 Å². The molecule has 0 aliphatic heterocycles. The van der Waals surface area contributed by atoms with Crippen LogP contribution in [0.25, 0.3) is 0 Å². The average molecular weight is 210 g/mol. The molecule has 0 atom stereocenters. The maximum Gasteiger partial charge on any atom is 0.311 e. The van der Waals surface area contributed by atoms with Crippen molar-refractivity contribution in [3.63, 3.8) is 0 Å². The van der Waals surface area contributed by atoms with Crippen LogP contribution in [0.2, 0.25) is 0 Å². The van der Waals surface area contributed by atoms with Crippen molar-refractivity contribution in [3.05, 3.63) is 33.6 Å². The molecule has 14 heavy (non-hydrogen) atoms. The highest BCUT2D eigenvalue weighted by Gasteiger charge is 2.26. The molecule has 0 saturated heterocycles. The predicted octanol–water partition coefficient (Wildman–Crippen LogP) is 2.21. The van der Waals surface area contributed by atoms with Gasteiger partial charge in [-0.3, -0.25) is 10.1 Å². The lowest BCUT2D eigenvalue weighted by Crippen LogP contribution is -2.03. The van der Waals surface area contributed by atoms with E-state index in [2.05, 4.69) is 4.98 Å². The van der Waals surface area contributed by atoms with Crippen LogP contribution in [0, 0.1) is 21.9 Å². The number of alkyl halides is 2. The summed E-state index contributed by atoms with van der Waals surface area (Å²) in [4.78, 5) is 11.3. The molecule has 0 spiro atoms. The molecule has 0 amide bonds. The zero-order chi connectivity index (χ0) is 10.9. The van der Waals surface area contributed by atoms with Gasteiger partial charge in [-0.2, -0.15) is 8.78 Å². The maximum absolute atomic E-state index is 12.8. The van der Waals surface area contributed by atoms with E-state index in [0.717, 1.165) is 0 Å². The second-order valence-electron chi connectivity index (χ2n) is 2.22. The van der Waals surface area contributed by atoms with Gasteiger partial charge < -0.3 is 0 Å². The lowest BCUT2D eigenvalue weighted by molar-refractivity contribution is -0.388. The summed E-state index contributed by atoms with van der Waals surface area (Å²) in [5, 5.41) is 10.1. The van der Waals surface area contributed by atoms with Crippen molar-refractivity contribution in [1.82, 2.24) is 4.98 Å². The smallest absolute Gasteiger partial charge is 0.258 e. The molecule has 0 aromatic carbocycles. The molecule has 0 N–H and O–H groups in total. The minimum Gasteiger partial charge on any atom is -0.258 e. The largest absolute Gasteiger partial charge is 0.311 e. The Balaban J connectivity index is 3.40. The average Bonchev–Trinajstić information content (AvgIpc) is 2.07.